The first-order valence-corrected chi connectivity index (χ1v) is 30.9. The molecule has 4 saturated carbocycles. The third-order valence-electron chi connectivity index (χ3n) is 18.3. The molecule has 86 heavy (non-hydrogen) atoms. The third kappa shape index (κ3) is 9.09. The summed E-state index contributed by atoms with van der Waals surface area (Å²) in [6.45, 7) is -0.788. The molecule has 0 aliphatic heterocycles. The van der Waals surface area contributed by atoms with E-state index in [2.05, 4.69) is 0 Å². The highest BCUT2D eigenvalue weighted by molar-refractivity contribution is 7.18. The van der Waals surface area contributed by atoms with Crippen LogP contribution in [0.3, 0.4) is 0 Å². The molecular formula is C70H56N2O12S2. The lowest BCUT2D eigenvalue weighted by Gasteiger charge is -2.35. The summed E-state index contributed by atoms with van der Waals surface area (Å²) in [5.74, 6) is -8.05. The van der Waals surface area contributed by atoms with Crippen LogP contribution in [0.1, 0.15) is 94.5 Å². The van der Waals surface area contributed by atoms with Gasteiger partial charge in [-0.15, -0.1) is 22.7 Å². The van der Waals surface area contributed by atoms with Crippen molar-refractivity contribution in [1.29, 1.82) is 0 Å². The first-order valence-electron chi connectivity index (χ1n) is 29.3. The Bertz CT molecular complexity index is 3630. The first kappa shape index (κ1) is 55.0. The van der Waals surface area contributed by atoms with Crippen LogP contribution in [0.5, 0.6) is 0 Å². The van der Waals surface area contributed by atoms with Crippen LogP contribution in [0, 0.1) is 35.5 Å². The molecule has 0 amide bonds. The van der Waals surface area contributed by atoms with Gasteiger partial charge in [-0.1, -0.05) is 171 Å². The number of aliphatic imine (C=N–C) groups is 2. The van der Waals surface area contributed by atoms with Crippen molar-refractivity contribution in [1.82, 2.24) is 0 Å². The highest BCUT2D eigenvalue weighted by Crippen LogP contribution is 2.63. The topological polar surface area (TPSA) is 198 Å². The zero-order valence-corrected chi connectivity index (χ0v) is 48.2. The summed E-state index contributed by atoms with van der Waals surface area (Å²) in [5, 5.41) is 0.460. The van der Waals surface area contributed by atoms with Gasteiger partial charge < -0.3 is 18.9 Å². The molecule has 2 aromatic heterocycles. The van der Waals surface area contributed by atoms with E-state index in [0.717, 1.165) is 48.4 Å². The van der Waals surface area contributed by atoms with Gasteiger partial charge in [0.2, 0.25) is 10.8 Å². The number of ether oxygens (including phenoxy) is 4. The molecular weight excluding hydrogens is 1120 g/mol. The molecule has 6 unspecified atom stereocenters. The van der Waals surface area contributed by atoms with E-state index in [1.165, 1.54) is 0 Å². The van der Waals surface area contributed by atoms with Crippen LogP contribution in [0.25, 0.3) is 11.1 Å². The summed E-state index contributed by atoms with van der Waals surface area (Å²) < 4.78 is 25.0. The maximum atomic E-state index is 15.7. The maximum absolute atomic E-state index is 15.7. The predicted molar refractivity (Wildman–Crippen MR) is 321 cm³/mol. The molecule has 4 fully saturated rings. The van der Waals surface area contributed by atoms with Gasteiger partial charge in [-0.3, -0.25) is 38.4 Å². The van der Waals surface area contributed by atoms with Crippen molar-refractivity contribution in [3.63, 3.8) is 0 Å². The predicted octanol–water partition coefficient (Wildman–Crippen LogP) is 11.9. The lowest BCUT2D eigenvalue weighted by molar-refractivity contribution is -0.166. The number of ketones is 4. The van der Waals surface area contributed by atoms with Crippen molar-refractivity contribution in [3.05, 3.63) is 212 Å². The molecule has 14 rings (SSSR count). The smallest absolute Gasteiger partial charge is 0.333 e. The number of rotatable bonds is 14. The van der Waals surface area contributed by atoms with Crippen LogP contribution in [0.4, 0.5) is 10.0 Å². The Kier molecular flexibility index (Phi) is 14.2. The lowest BCUT2D eigenvalue weighted by atomic mass is 9.68. The van der Waals surface area contributed by atoms with E-state index in [-0.39, 0.29) is 93.3 Å². The summed E-state index contributed by atoms with van der Waals surface area (Å²) in [7, 11) is 0. The molecule has 4 aromatic carbocycles. The number of fused-ring (bicyclic) bond motifs is 9. The Morgan fingerprint density at radius 2 is 0.686 bits per heavy atom. The van der Waals surface area contributed by atoms with Crippen LogP contribution in [-0.2, 0) is 94.6 Å². The van der Waals surface area contributed by atoms with Crippen molar-refractivity contribution in [2.75, 3.05) is 0 Å². The molecule has 0 bridgehead atoms. The number of esters is 4. The summed E-state index contributed by atoms with van der Waals surface area (Å²) in [5.41, 5.74) is -0.323. The molecule has 8 aliphatic rings. The molecule has 6 aromatic rings. The molecule has 6 atom stereocenters. The summed E-state index contributed by atoms with van der Waals surface area (Å²) in [4.78, 5) is 129. The average Bonchev–Trinajstić information content (AvgIpc) is 1.57. The molecule has 14 nitrogen and oxygen atoms in total. The minimum absolute atomic E-state index is 0.147. The monoisotopic (exact) mass is 1180 g/mol. The number of benzene rings is 4. The maximum Gasteiger partial charge on any atom is 0.333 e. The van der Waals surface area contributed by atoms with Crippen LogP contribution in [0.2, 0.25) is 0 Å². The SMILES string of the molecule is O=C1C(=Nc2cc3c(s2)C2=CC4C=C5C(=CC4C=C2C3(C(=O)OCc2ccccc2)C(=O)OCc2ccccc2)c2sc(N=C3C(=O)C4CCCCC4C3=O)cc2C5(C(=O)OCc2ccccc2)C(=O)OCc2ccccc2)C(=O)C2CCCCC12. The Balaban J connectivity index is 0.942. The van der Waals surface area contributed by atoms with E-state index < -0.39 is 70.2 Å². The number of hydrogen-bond acceptors (Lipinski definition) is 16. The van der Waals surface area contributed by atoms with E-state index in [1.807, 2.05) is 97.1 Å². The molecule has 0 saturated heterocycles. The van der Waals surface area contributed by atoms with Gasteiger partial charge in [-0.25, -0.2) is 9.98 Å². The second-order valence-corrected chi connectivity index (χ2v) is 25.3. The highest BCUT2D eigenvalue weighted by Gasteiger charge is 2.65. The minimum atomic E-state index is -2.28. The number of Topliss-reactive ketones (excluding diaryl/α,β-unsaturated/α-hetero) is 4. The number of carbonyl (C=O) groups excluding carboxylic acids is 8. The van der Waals surface area contributed by atoms with Crippen LogP contribution < -0.4 is 0 Å². The van der Waals surface area contributed by atoms with E-state index >= 15 is 19.2 Å². The Hall–Kier alpha value is -8.86. The van der Waals surface area contributed by atoms with Gasteiger partial charge in [0.25, 0.3) is 0 Å². The molecule has 2 heterocycles. The molecule has 430 valence electrons. The van der Waals surface area contributed by atoms with E-state index in [4.69, 9.17) is 28.9 Å². The van der Waals surface area contributed by atoms with E-state index in [1.54, 1.807) is 60.7 Å². The largest absolute Gasteiger partial charge is 0.459 e. The minimum Gasteiger partial charge on any atom is -0.459 e. The van der Waals surface area contributed by atoms with Gasteiger partial charge in [0.05, 0.1) is 0 Å². The van der Waals surface area contributed by atoms with Crippen molar-refractivity contribution < 1.29 is 57.3 Å². The fraction of sp³-hybridized carbons (Fsp3) is 0.286. The Morgan fingerprint density at radius 3 is 0.965 bits per heavy atom. The van der Waals surface area contributed by atoms with Gasteiger partial charge in [0.1, 0.15) is 36.4 Å². The van der Waals surface area contributed by atoms with Gasteiger partial charge in [-0.05, 0) is 82.4 Å². The van der Waals surface area contributed by atoms with E-state index in [9.17, 15) is 19.2 Å². The van der Waals surface area contributed by atoms with Gasteiger partial charge in [0, 0.05) is 56.4 Å². The quantitative estimate of drug-likeness (QED) is 0.0569. The summed E-state index contributed by atoms with van der Waals surface area (Å²) in [6.07, 6.45) is 13.2. The first-order chi connectivity index (χ1) is 41.9. The lowest BCUT2D eigenvalue weighted by Crippen LogP contribution is -2.47. The van der Waals surface area contributed by atoms with Crippen LogP contribution in [0.15, 0.2) is 179 Å². The van der Waals surface area contributed by atoms with Crippen molar-refractivity contribution in [2.24, 2.45) is 45.5 Å². The number of nitrogens with zero attached hydrogens (tertiary/aromatic N) is 2. The molecule has 0 spiro atoms. The summed E-state index contributed by atoms with van der Waals surface area (Å²) >= 11 is 2.26. The number of hydrogen-bond donors (Lipinski definition) is 0. The Labute approximate surface area is 503 Å². The zero-order chi connectivity index (χ0) is 58.8. The van der Waals surface area contributed by atoms with Gasteiger partial charge in [0.15, 0.2) is 34.6 Å². The number of allylic oxidation sites excluding steroid dienone is 6. The molecule has 16 heteroatoms. The molecule has 8 aliphatic carbocycles. The van der Waals surface area contributed by atoms with Crippen molar-refractivity contribution in [2.45, 2.75) is 88.6 Å². The second-order valence-electron chi connectivity index (χ2n) is 23.3. The summed E-state index contributed by atoms with van der Waals surface area (Å²) in [6, 6.07) is 39.5. The molecule has 0 N–H and O–H groups in total. The normalized spacial score (nSPS) is 23.4. The fourth-order valence-corrected chi connectivity index (χ4v) is 16.4. The van der Waals surface area contributed by atoms with Gasteiger partial charge in [-0.2, -0.15) is 0 Å². The zero-order valence-electron chi connectivity index (χ0n) is 46.6. The standard InChI is InChI=1S/C70H56N2O12S2/c73-59-45-25-13-14-26-46(45)60(74)57(59)71-55-33-53-63(85-55)49-29-44-32-52-50(30-43(44)31-51(49)69(53,65(77)81-35-39-17-5-1-6-18-39)66(78)82-36-40-19-7-2-8-20-40)64-54(34-56(86-64)72-58-61(75)47-27-15-16-28-48(47)62(58)76)70(52,67(79)83-37-41-21-9-3-10-22-41)68(80)84-38-42-23-11-4-12-24-42/h1-12,17-24,29-34,43-48H,13-16,25-28,35-38H2. The number of carbonyl (C=O) groups is 8. The highest BCUT2D eigenvalue weighted by atomic mass is 32.1. The van der Waals surface area contributed by atoms with Crippen molar-refractivity contribution in [3.8, 4) is 0 Å². The Morgan fingerprint density at radius 1 is 0.407 bits per heavy atom. The molecule has 0 radical (unpaired) electrons. The average molecular weight is 1180 g/mol. The van der Waals surface area contributed by atoms with E-state index in [0.29, 0.717) is 68.8 Å². The number of thiophene rings is 2. The van der Waals surface area contributed by atoms with Crippen LogP contribution in [-0.4, -0.2) is 58.4 Å². The van der Waals surface area contributed by atoms with Gasteiger partial charge >= 0.3 is 23.9 Å². The second kappa shape index (κ2) is 22.2. The fourth-order valence-electron chi connectivity index (χ4n) is 14.1. The third-order valence-corrected chi connectivity index (χ3v) is 20.5. The van der Waals surface area contributed by atoms with Crippen molar-refractivity contribution >= 4 is 102 Å². The van der Waals surface area contributed by atoms with Crippen LogP contribution >= 0.6 is 22.7 Å².